The maximum atomic E-state index is 10.2. The minimum absolute atomic E-state index is 0.560. The Morgan fingerprint density at radius 3 is 3.09 bits per heavy atom. The van der Waals surface area contributed by atoms with Gasteiger partial charge in [-0.05, 0) is 43.6 Å². The van der Waals surface area contributed by atoms with Gasteiger partial charge in [0.15, 0.2) is 0 Å². The summed E-state index contributed by atoms with van der Waals surface area (Å²) in [6, 6.07) is 0. The van der Waals surface area contributed by atoms with Gasteiger partial charge in [-0.3, -0.25) is 0 Å². The molecule has 0 aliphatic carbocycles. The molecule has 1 aliphatic heterocycles. The second-order valence-electron chi connectivity index (χ2n) is 2.79. The fourth-order valence-corrected chi connectivity index (χ4v) is 1.92. The van der Waals surface area contributed by atoms with Gasteiger partial charge in [0.25, 0.3) is 0 Å². The highest BCUT2D eigenvalue weighted by Crippen LogP contribution is 2.16. The Bertz CT molecular complexity index is 134. The van der Waals surface area contributed by atoms with Gasteiger partial charge in [0.2, 0.25) is 0 Å². The molecule has 4 heteroatoms. The quantitative estimate of drug-likeness (QED) is 0.666. The highest BCUT2D eigenvalue weighted by molar-refractivity contribution is 8.13. The largest absolute Gasteiger partial charge is 0.473 e. The Kier molecular flexibility index (Phi) is 3.72. The number of piperidine rings is 1. The molecule has 1 rings (SSSR count). The van der Waals surface area contributed by atoms with Crippen LogP contribution in [0.4, 0.5) is 4.79 Å². The summed E-state index contributed by atoms with van der Waals surface area (Å²) in [5.74, 6) is 1.31. The number of thioether (sulfide) groups is 1. The highest BCUT2D eigenvalue weighted by Gasteiger charge is 2.13. The number of rotatable bonds is 2. The van der Waals surface area contributed by atoms with Crippen molar-refractivity contribution in [2.24, 2.45) is 5.92 Å². The molecule has 0 aromatic carbocycles. The highest BCUT2D eigenvalue weighted by atomic mass is 32.2. The lowest BCUT2D eigenvalue weighted by molar-refractivity contribution is 0.222. The molecule has 1 fully saturated rings. The molecule has 0 spiro atoms. The molecular weight excluding hydrogens is 162 g/mol. The third-order valence-electron chi connectivity index (χ3n) is 1.84. The number of carbonyl (C=O) groups is 1. The van der Waals surface area contributed by atoms with Gasteiger partial charge in [-0.1, -0.05) is 0 Å². The Hall–Kier alpha value is -0.220. The smallest absolute Gasteiger partial charge is 0.364 e. The van der Waals surface area contributed by atoms with Crippen molar-refractivity contribution in [2.75, 3.05) is 18.8 Å². The summed E-state index contributed by atoms with van der Waals surface area (Å²) in [7, 11) is 0. The van der Waals surface area contributed by atoms with Crippen molar-refractivity contribution >= 4 is 17.1 Å². The van der Waals surface area contributed by atoms with Crippen molar-refractivity contribution in [3.63, 3.8) is 0 Å². The summed E-state index contributed by atoms with van der Waals surface area (Å²) < 4.78 is 0. The predicted molar refractivity (Wildman–Crippen MR) is 46.1 cm³/mol. The molecule has 1 atom stereocenters. The van der Waals surface area contributed by atoms with Crippen LogP contribution in [0.3, 0.4) is 0 Å². The lowest BCUT2D eigenvalue weighted by Crippen LogP contribution is -2.31. The van der Waals surface area contributed by atoms with Crippen molar-refractivity contribution in [3.8, 4) is 0 Å². The zero-order chi connectivity index (χ0) is 8.10. The SMILES string of the molecule is O=C(O)SCC1CCCNC1. The first-order chi connectivity index (χ1) is 5.29. The molecule has 0 amide bonds. The summed E-state index contributed by atoms with van der Waals surface area (Å²) >= 11 is 1.01. The molecular formula is C7H13NO2S. The molecule has 0 bridgehead atoms. The maximum Gasteiger partial charge on any atom is 0.364 e. The van der Waals surface area contributed by atoms with E-state index in [0.29, 0.717) is 5.92 Å². The number of carboxylic acid groups (broad SMARTS) is 1. The van der Waals surface area contributed by atoms with E-state index in [0.717, 1.165) is 30.6 Å². The summed E-state index contributed by atoms with van der Waals surface area (Å²) in [6.45, 7) is 2.08. The lowest BCUT2D eigenvalue weighted by atomic mass is 10.0. The summed E-state index contributed by atoms with van der Waals surface area (Å²) in [5.41, 5.74) is 0. The fourth-order valence-electron chi connectivity index (χ4n) is 1.26. The molecule has 2 N–H and O–H groups in total. The van der Waals surface area contributed by atoms with E-state index in [-0.39, 0.29) is 0 Å². The maximum absolute atomic E-state index is 10.2. The third kappa shape index (κ3) is 3.62. The standard InChI is InChI=1S/C7H13NO2S/c9-7(10)11-5-6-2-1-3-8-4-6/h6,8H,1-5H2,(H,9,10). The van der Waals surface area contributed by atoms with Crippen molar-refractivity contribution < 1.29 is 9.90 Å². The first-order valence-electron chi connectivity index (χ1n) is 3.85. The van der Waals surface area contributed by atoms with Gasteiger partial charge in [-0.2, -0.15) is 0 Å². The second-order valence-corrected chi connectivity index (χ2v) is 3.76. The molecule has 1 unspecified atom stereocenters. The number of nitrogens with one attached hydrogen (secondary N) is 1. The van der Waals surface area contributed by atoms with E-state index in [2.05, 4.69) is 5.32 Å². The first-order valence-corrected chi connectivity index (χ1v) is 4.84. The van der Waals surface area contributed by atoms with E-state index < -0.39 is 5.30 Å². The van der Waals surface area contributed by atoms with E-state index in [1.807, 2.05) is 0 Å². The molecule has 11 heavy (non-hydrogen) atoms. The zero-order valence-electron chi connectivity index (χ0n) is 6.38. The Labute approximate surface area is 70.6 Å². The van der Waals surface area contributed by atoms with E-state index in [1.54, 1.807) is 0 Å². The van der Waals surface area contributed by atoms with Crippen molar-refractivity contribution in [1.82, 2.24) is 5.32 Å². The van der Waals surface area contributed by atoms with E-state index in [1.165, 1.54) is 12.8 Å². The van der Waals surface area contributed by atoms with E-state index >= 15 is 0 Å². The van der Waals surface area contributed by atoms with Gasteiger partial charge >= 0.3 is 5.30 Å². The van der Waals surface area contributed by atoms with E-state index in [4.69, 9.17) is 5.11 Å². The van der Waals surface area contributed by atoms with Crippen LogP contribution in [0.15, 0.2) is 0 Å². The second kappa shape index (κ2) is 4.62. The monoisotopic (exact) mass is 175 g/mol. The minimum Gasteiger partial charge on any atom is -0.473 e. The van der Waals surface area contributed by atoms with Crippen LogP contribution in [-0.4, -0.2) is 29.3 Å². The third-order valence-corrected chi connectivity index (χ3v) is 2.73. The van der Waals surface area contributed by atoms with Crippen LogP contribution in [0.1, 0.15) is 12.8 Å². The Morgan fingerprint density at radius 1 is 1.73 bits per heavy atom. The fraction of sp³-hybridized carbons (Fsp3) is 0.857. The summed E-state index contributed by atoms with van der Waals surface area (Å²) in [5, 5.41) is 10.9. The lowest BCUT2D eigenvalue weighted by Gasteiger charge is -2.21. The molecule has 1 saturated heterocycles. The van der Waals surface area contributed by atoms with Crippen LogP contribution < -0.4 is 5.32 Å². The van der Waals surface area contributed by atoms with Gasteiger partial charge in [0.1, 0.15) is 0 Å². The van der Waals surface area contributed by atoms with Crippen molar-refractivity contribution in [2.45, 2.75) is 12.8 Å². The topological polar surface area (TPSA) is 49.3 Å². The normalized spacial score (nSPS) is 24.9. The van der Waals surface area contributed by atoms with Crippen LogP contribution in [0.5, 0.6) is 0 Å². The molecule has 3 nitrogen and oxygen atoms in total. The first kappa shape index (κ1) is 8.87. The zero-order valence-corrected chi connectivity index (χ0v) is 7.19. The Morgan fingerprint density at radius 2 is 2.55 bits per heavy atom. The average molecular weight is 175 g/mol. The minimum atomic E-state index is -0.754. The summed E-state index contributed by atoms with van der Waals surface area (Å²) in [6.07, 6.45) is 2.36. The van der Waals surface area contributed by atoms with Gasteiger partial charge < -0.3 is 10.4 Å². The van der Waals surface area contributed by atoms with Gasteiger partial charge in [-0.25, -0.2) is 4.79 Å². The molecule has 0 aromatic heterocycles. The number of hydrogen-bond donors (Lipinski definition) is 2. The van der Waals surface area contributed by atoms with Crippen molar-refractivity contribution in [3.05, 3.63) is 0 Å². The number of hydrogen-bond acceptors (Lipinski definition) is 3. The summed E-state index contributed by atoms with van der Waals surface area (Å²) in [4.78, 5) is 10.2. The van der Waals surface area contributed by atoms with Gasteiger partial charge in [0.05, 0.1) is 0 Å². The molecule has 1 heterocycles. The van der Waals surface area contributed by atoms with Crippen LogP contribution in [0.2, 0.25) is 0 Å². The molecule has 0 radical (unpaired) electrons. The predicted octanol–water partition coefficient (Wildman–Crippen LogP) is 1.40. The van der Waals surface area contributed by atoms with Gasteiger partial charge in [-0.15, -0.1) is 0 Å². The van der Waals surface area contributed by atoms with Crippen LogP contribution >= 0.6 is 11.8 Å². The Balaban J connectivity index is 2.09. The van der Waals surface area contributed by atoms with Crippen LogP contribution in [0, 0.1) is 5.92 Å². The molecule has 0 saturated carbocycles. The average Bonchev–Trinajstić information content (AvgIpc) is 2.03. The van der Waals surface area contributed by atoms with Crippen LogP contribution in [-0.2, 0) is 0 Å². The van der Waals surface area contributed by atoms with Crippen molar-refractivity contribution in [1.29, 1.82) is 0 Å². The molecule has 1 aliphatic rings. The van der Waals surface area contributed by atoms with Gasteiger partial charge in [0, 0.05) is 5.75 Å². The molecule has 0 aromatic rings. The van der Waals surface area contributed by atoms with Crippen LogP contribution in [0.25, 0.3) is 0 Å². The van der Waals surface area contributed by atoms with E-state index in [9.17, 15) is 4.79 Å². The molecule has 64 valence electrons.